The van der Waals surface area contributed by atoms with E-state index in [0.717, 1.165) is 24.1 Å². The number of aryl methyl sites for hydroxylation is 2. The predicted octanol–water partition coefficient (Wildman–Crippen LogP) is 3.31. The molecule has 0 radical (unpaired) electrons. The van der Waals surface area contributed by atoms with Gasteiger partial charge in [0, 0.05) is 19.2 Å². The number of benzene rings is 2. The Labute approximate surface area is 147 Å². The average molecular weight is 338 g/mol. The van der Waals surface area contributed by atoms with E-state index in [4.69, 9.17) is 4.74 Å². The first-order valence-corrected chi connectivity index (χ1v) is 8.44. The van der Waals surface area contributed by atoms with Crippen LogP contribution in [0.15, 0.2) is 42.5 Å². The molecule has 1 N–H and O–H groups in total. The summed E-state index contributed by atoms with van der Waals surface area (Å²) in [5, 5.41) is 2.73. The van der Waals surface area contributed by atoms with E-state index in [2.05, 4.69) is 11.4 Å². The molecular weight excluding hydrogens is 316 g/mol. The molecule has 25 heavy (non-hydrogen) atoms. The van der Waals surface area contributed by atoms with Crippen molar-refractivity contribution >= 4 is 23.2 Å². The SMILES string of the molecule is CC(=O)Nc1ccc(C)cc1OCC(=O)N1CCCc2ccccc21. The Morgan fingerprint density at radius 1 is 1.20 bits per heavy atom. The van der Waals surface area contributed by atoms with E-state index in [1.807, 2.05) is 37.3 Å². The van der Waals surface area contributed by atoms with Crippen molar-refractivity contribution < 1.29 is 14.3 Å². The van der Waals surface area contributed by atoms with Gasteiger partial charge in [0.05, 0.1) is 5.69 Å². The van der Waals surface area contributed by atoms with Gasteiger partial charge >= 0.3 is 0 Å². The van der Waals surface area contributed by atoms with Crippen molar-refractivity contribution in [2.45, 2.75) is 26.7 Å². The lowest BCUT2D eigenvalue weighted by Crippen LogP contribution is -2.38. The summed E-state index contributed by atoms with van der Waals surface area (Å²) in [5.41, 5.74) is 3.73. The van der Waals surface area contributed by atoms with Gasteiger partial charge in [-0.2, -0.15) is 0 Å². The minimum Gasteiger partial charge on any atom is -0.482 e. The number of hydrogen-bond acceptors (Lipinski definition) is 3. The molecule has 5 nitrogen and oxygen atoms in total. The van der Waals surface area contributed by atoms with Gasteiger partial charge in [0.2, 0.25) is 5.91 Å². The van der Waals surface area contributed by atoms with Crippen molar-refractivity contribution in [2.24, 2.45) is 0 Å². The van der Waals surface area contributed by atoms with Crippen molar-refractivity contribution in [1.29, 1.82) is 0 Å². The van der Waals surface area contributed by atoms with Gasteiger partial charge in [0.25, 0.3) is 5.91 Å². The zero-order valence-corrected chi connectivity index (χ0v) is 14.5. The molecule has 0 aromatic heterocycles. The number of rotatable bonds is 4. The predicted molar refractivity (Wildman–Crippen MR) is 98.1 cm³/mol. The van der Waals surface area contributed by atoms with Crippen molar-refractivity contribution in [3.8, 4) is 5.75 Å². The largest absolute Gasteiger partial charge is 0.482 e. The fraction of sp³-hybridized carbons (Fsp3) is 0.300. The minimum atomic E-state index is -0.176. The van der Waals surface area contributed by atoms with Crippen LogP contribution in [0.4, 0.5) is 11.4 Å². The Morgan fingerprint density at radius 2 is 2.00 bits per heavy atom. The van der Waals surface area contributed by atoms with Crippen molar-refractivity contribution in [2.75, 3.05) is 23.4 Å². The highest BCUT2D eigenvalue weighted by Crippen LogP contribution is 2.28. The lowest BCUT2D eigenvalue weighted by atomic mass is 10.0. The number of carbonyl (C=O) groups excluding carboxylic acids is 2. The van der Waals surface area contributed by atoms with Gasteiger partial charge in [-0.15, -0.1) is 0 Å². The molecule has 0 saturated heterocycles. The summed E-state index contributed by atoms with van der Waals surface area (Å²) in [6, 6.07) is 13.5. The number of ether oxygens (including phenoxy) is 1. The van der Waals surface area contributed by atoms with Crippen molar-refractivity contribution in [3.05, 3.63) is 53.6 Å². The highest BCUT2D eigenvalue weighted by molar-refractivity contribution is 5.96. The summed E-state index contributed by atoms with van der Waals surface area (Å²) < 4.78 is 5.74. The Bertz CT molecular complexity index is 801. The van der Waals surface area contributed by atoms with Crippen LogP contribution in [0.5, 0.6) is 5.75 Å². The van der Waals surface area contributed by atoms with Crippen LogP contribution in [0.3, 0.4) is 0 Å². The van der Waals surface area contributed by atoms with Crippen molar-refractivity contribution in [3.63, 3.8) is 0 Å². The summed E-state index contributed by atoms with van der Waals surface area (Å²) in [4.78, 5) is 25.8. The van der Waals surface area contributed by atoms with Crippen LogP contribution in [0.1, 0.15) is 24.5 Å². The Morgan fingerprint density at radius 3 is 2.80 bits per heavy atom. The van der Waals surface area contributed by atoms with Crippen LogP contribution in [0.25, 0.3) is 0 Å². The van der Waals surface area contributed by atoms with Gasteiger partial charge in [-0.1, -0.05) is 24.3 Å². The summed E-state index contributed by atoms with van der Waals surface area (Å²) in [5.74, 6) is 0.251. The van der Waals surface area contributed by atoms with Gasteiger partial charge in [-0.25, -0.2) is 0 Å². The van der Waals surface area contributed by atoms with E-state index < -0.39 is 0 Å². The second-order valence-corrected chi connectivity index (χ2v) is 6.25. The zero-order valence-electron chi connectivity index (χ0n) is 14.5. The number of para-hydroxylation sites is 1. The maximum atomic E-state index is 12.7. The fourth-order valence-corrected chi connectivity index (χ4v) is 3.05. The minimum absolute atomic E-state index is 0.0651. The van der Waals surface area contributed by atoms with E-state index in [1.165, 1.54) is 12.5 Å². The maximum Gasteiger partial charge on any atom is 0.264 e. The van der Waals surface area contributed by atoms with E-state index in [-0.39, 0.29) is 18.4 Å². The summed E-state index contributed by atoms with van der Waals surface area (Å²) in [6.07, 6.45) is 1.94. The molecule has 0 atom stereocenters. The third-order valence-electron chi connectivity index (χ3n) is 4.21. The normalized spacial score (nSPS) is 13.1. The molecule has 2 aromatic carbocycles. The summed E-state index contributed by atoms with van der Waals surface area (Å²) in [7, 11) is 0. The highest BCUT2D eigenvalue weighted by atomic mass is 16.5. The molecule has 1 aliphatic rings. The number of hydrogen-bond donors (Lipinski definition) is 1. The van der Waals surface area contributed by atoms with Crippen molar-refractivity contribution in [1.82, 2.24) is 0 Å². The first-order valence-electron chi connectivity index (χ1n) is 8.44. The van der Waals surface area contributed by atoms with Gasteiger partial charge in [-0.3, -0.25) is 9.59 Å². The second kappa shape index (κ2) is 7.38. The number of anilines is 2. The molecule has 0 spiro atoms. The van der Waals surface area contributed by atoms with E-state index in [1.54, 1.807) is 11.0 Å². The van der Waals surface area contributed by atoms with E-state index in [0.29, 0.717) is 18.0 Å². The number of nitrogens with zero attached hydrogens (tertiary/aromatic N) is 1. The van der Waals surface area contributed by atoms with Crippen LogP contribution in [-0.2, 0) is 16.0 Å². The molecule has 0 fully saturated rings. The molecule has 1 aliphatic heterocycles. The average Bonchev–Trinajstić information content (AvgIpc) is 2.60. The second-order valence-electron chi connectivity index (χ2n) is 6.25. The lowest BCUT2D eigenvalue weighted by molar-refractivity contribution is -0.120. The van der Waals surface area contributed by atoms with Gasteiger partial charge < -0.3 is 15.0 Å². The highest BCUT2D eigenvalue weighted by Gasteiger charge is 2.22. The van der Waals surface area contributed by atoms with Gasteiger partial charge in [-0.05, 0) is 49.1 Å². The standard InChI is InChI=1S/C20H22N2O3/c1-14-9-10-17(21-15(2)23)19(12-14)25-13-20(24)22-11-5-7-16-6-3-4-8-18(16)22/h3-4,6,8-10,12H,5,7,11,13H2,1-2H3,(H,21,23). The summed E-state index contributed by atoms with van der Waals surface area (Å²) in [6.45, 7) is 4.02. The Hall–Kier alpha value is -2.82. The molecular formula is C20H22N2O3. The van der Waals surface area contributed by atoms with Crippen LogP contribution in [0, 0.1) is 6.92 Å². The zero-order chi connectivity index (χ0) is 17.8. The number of carbonyl (C=O) groups is 2. The third-order valence-corrected chi connectivity index (χ3v) is 4.21. The van der Waals surface area contributed by atoms with E-state index >= 15 is 0 Å². The maximum absolute atomic E-state index is 12.7. The number of fused-ring (bicyclic) bond motifs is 1. The lowest BCUT2D eigenvalue weighted by Gasteiger charge is -2.29. The first-order chi connectivity index (χ1) is 12.0. The summed E-state index contributed by atoms with van der Waals surface area (Å²) >= 11 is 0. The first kappa shape index (κ1) is 17.0. The molecule has 5 heteroatoms. The molecule has 3 rings (SSSR count). The Balaban J connectivity index is 1.73. The quantitative estimate of drug-likeness (QED) is 0.930. The van der Waals surface area contributed by atoms with Crippen LogP contribution >= 0.6 is 0 Å². The smallest absolute Gasteiger partial charge is 0.264 e. The molecule has 2 aromatic rings. The molecule has 130 valence electrons. The van der Waals surface area contributed by atoms with E-state index in [9.17, 15) is 9.59 Å². The van der Waals surface area contributed by atoms with Crippen LogP contribution in [-0.4, -0.2) is 25.0 Å². The Kier molecular flexibility index (Phi) is 5.03. The number of nitrogens with one attached hydrogen (secondary N) is 1. The molecule has 0 unspecified atom stereocenters. The molecule has 0 bridgehead atoms. The monoisotopic (exact) mass is 338 g/mol. The molecule has 1 heterocycles. The van der Waals surface area contributed by atoms with Crippen LogP contribution in [0.2, 0.25) is 0 Å². The molecule has 0 aliphatic carbocycles. The van der Waals surface area contributed by atoms with Gasteiger partial charge in [0.1, 0.15) is 5.75 Å². The number of amides is 2. The topological polar surface area (TPSA) is 58.6 Å². The third kappa shape index (κ3) is 3.99. The molecule has 0 saturated carbocycles. The van der Waals surface area contributed by atoms with Crippen LogP contribution < -0.4 is 15.0 Å². The van der Waals surface area contributed by atoms with Gasteiger partial charge in [0.15, 0.2) is 6.61 Å². The fourth-order valence-electron chi connectivity index (χ4n) is 3.05. The molecule has 2 amide bonds.